The van der Waals surface area contributed by atoms with E-state index in [0.717, 1.165) is 12.1 Å². The van der Waals surface area contributed by atoms with Crippen molar-refractivity contribution in [2.75, 3.05) is 0 Å². The number of aromatic nitrogens is 2. The van der Waals surface area contributed by atoms with Crippen LogP contribution in [0.1, 0.15) is 5.56 Å². The molecule has 15 heavy (non-hydrogen) atoms. The van der Waals surface area contributed by atoms with Crippen LogP contribution < -0.4 is 0 Å². The number of hydrogen-bond donors (Lipinski definition) is 0. The van der Waals surface area contributed by atoms with Gasteiger partial charge in [-0.3, -0.25) is 0 Å². The first-order chi connectivity index (χ1) is 6.98. The highest BCUT2D eigenvalue weighted by Crippen LogP contribution is 2.32. The lowest BCUT2D eigenvalue weighted by atomic mass is 10.1. The van der Waals surface area contributed by atoms with Crippen molar-refractivity contribution in [3.8, 4) is 0 Å². The topological polar surface area (TPSA) is 25.8 Å². The maximum absolute atomic E-state index is 12.4. The predicted molar refractivity (Wildman–Crippen MR) is 52.2 cm³/mol. The summed E-state index contributed by atoms with van der Waals surface area (Å²) in [5.74, 6) is 0. The molecule has 0 bridgehead atoms. The summed E-state index contributed by atoms with van der Waals surface area (Å²) in [6.45, 7) is 0. The Morgan fingerprint density at radius 2 is 1.93 bits per heavy atom. The van der Waals surface area contributed by atoms with Crippen molar-refractivity contribution in [2.24, 2.45) is 0 Å². The van der Waals surface area contributed by atoms with Crippen LogP contribution in [0, 0.1) is 0 Å². The van der Waals surface area contributed by atoms with Crippen LogP contribution in [0.25, 0.3) is 10.8 Å². The fraction of sp³-hybridized carbons (Fsp3) is 0.111. The van der Waals surface area contributed by atoms with Gasteiger partial charge in [-0.25, -0.2) is 0 Å². The third-order valence-corrected chi connectivity index (χ3v) is 2.53. The number of alkyl halides is 3. The Morgan fingerprint density at radius 1 is 1.20 bits per heavy atom. The second kappa shape index (κ2) is 3.44. The average Bonchev–Trinajstić information content (AvgIpc) is 2.16. The minimum absolute atomic E-state index is 0.311. The van der Waals surface area contributed by atoms with Gasteiger partial charge in [0, 0.05) is 10.8 Å². The van der Waals surface area contributed by atoms with Gasteiger partial charge in [0.2, 0.25) is 0 Å². The first kappa shape index (κ1) is 10.4. The highest BCUT2D eigenvalue weighted by atomic mass is 79.9. The van der Waals surface area contributed by atoms with E-state index in [1.54, 1.807) is 0 Å². The van der Waals surface area contributed by atoms with Gasteiger partial charge in [-0.05, 0) is 28.1 Å². The van der Waals surface area contributed by atoms with Gasteiger partial charge in [0.05, 0.1) is 11.8 Å². The van der Waals surface area contributed by atoms with E-state index >= 15 is 0 Å². The smallest absolute Gasteiger partial charge is 0.166 e. The van der Waals surface area contributed by atoms with E-state index in [1.165, 1.54) is 12.3 Å². The number of rotatable bonds is 0. The lowest BCUT2D eigenvalue weighted by Crippen LogP contribution is -2.04. The van der Waals surface area contributed by atoms with E-state index in [-0.39, 0.29) is 0 Å². The lowest BCUT2D eigenvalue weighted by molar-refractivity contribution is -0.137. The van der Waals surface area contributed by atoms with Crippen LogP contribution in [-0.2, 0) is 6.18 Å². The third kappa shape index (κ3) is 1.94. The summed E-state index contributed by atoms with van der Waals surface area (Å²) in [5, 5.41) is 8.27. The van der Waals surface area contributed by atoms with Crippen LogP contribution in [0.3, 0.4) is 0 Å². The molecule has 0 aliphatic heterocycles. The molecule has 6 heteroatoms. The summed E-state index contributed by atoms with van der Waals surface area (Å²) in [6, 6.07) is 3.45. The van der Waals surface area contributed by atoms with E-state index in [9.17, 15) is 13.2 Å². The number of benzene rings is 1. The van der Waals surface area contributed by atoms with Crippen LogP contribution in [0.2, 0.25) is 0 Å². The van der Waals surface area contributed by atoms with E-state index in [4.69, 9.17) is 0 Å². The van der Waals surface area contributed by atoms with E-state index < -0.39 is 11.7 Å². The Hall–Kier alpha value is -1.17. The summed E-state index contributed by atoms with van der Waals surface area (Å²) in [7, 11) is 0. The monoisotopic (exact) mass is 276 g/mol. The van der Waals surface area contributed by atoms with Gasteiger partial charge >= 0.3 is 6.18 Å². The molecule has 2 aromatic rings. The zero-order valence-electron chi connectivity index (χ0n) is 7.22. The Morgan fingerprint density at radius 3 is 2.60 bits per heavy atom. The summed E-state index contributed by atoms with van der Waals surface area (Å²) in [5.41, 5.74) is -0.691. The first-order valence-electron chi connectivity index (χ1n) is 3.96. The maximum atomic E-state index is 12.4. The summed E-state index contributed by atoms with van der Waals surface area (Å²) < 4.78 is 37.5. The summed E-state index contributed by atoms with van der Waals surface area (Å²) in [6.07, 6.45) is -2.92. The molecule has 2 rings (SSSR count). The molecule has 0 radical (unpaired) electrons. The molecule has 0 N–H and O–H groups in total. The highest BCUT2D eigenvalue weighted by molar-refractivity contribution is 9.10. The summed E-state index contributed by atoms with van der Waals surface area (Å²) in [4.78, 5) is 0. The number of fused-ring (bicyclic) bond motifs is 1. The van der Waals surface area contributed by atoms with Crippen molar-refractivity contribution in [1.82, 2.24) is 10.2 Å². The standard InChI is InChI=1S/C9H4BrF3N2/c10-8-7-3-6(9(11,12)13)2-1-5(7)4-14-15-8/h1-4H. The zero-order chi connectivity index (χ0) is 11.1. The van der Waals surface area contributed by atoms with Crippen molar-refractivity contribution in [2.45, 2.75) is 6.18 Å². The Bertz CT molecular complexity index is 510. The SMILES string of the molecule is FC(F)(F)c1ccc2cnnc(Br)c2c1. The van der Waals surface area contributed by atoms with E-state index in [2.05, 4.69) is 26.1 Å². The minimum atomic E-state index is -4.34. The lowest BCUT2D eigenvalue weighted by Gasteiger charge is -2.07. The fourth-order valence-corrected chi connectivity index (χ4v) is 1.65. The molecule has 0 saturated heterocycles. The van der Waals surface area contributed by atoms with Gasteiger partial charge in [-0.2, -0.15) is 18.3 Å². The van der Waals surface area contributed by atoms with Crippen LogP contribution in [-0.4, -0.2) is 10.2 Å². The first-order valence-corrected chi connectivity index (χ1v) is 4.76. The molecule has 0 unspecified atom stereocenters. The van der Waals surface area contributed by atoms with Crippen molar-refractivity contribution >= 4 is 26.7 Å². The minimum Gasteiger partial charge on any atom is -0.166 e. The van der Waals surface area contributed by atoms with Gasteiger partial charge in [0.15, 0.2) is 0 Å². The van der Waals surface area contributed by atoms with Crippen LogP contribution in [0.15, 0.2) is 29.0 Å². The number of nitrogens with zero attached hydrogens (tertiary/aromatic N) is 2. The van der Waals surface area contributed by atoms with Gasteiger partial charge in [-0.15, -0.1) is 5.10 Å². The normalized spacial score (nSPS) is 12.0. The third-order valence-electron chi connectivity index (χ3n) is 1.95. The highest BCUT2D eigenvalue weighted by Gasteiger charge is 2.30. The number of hydrogen-bond acceptors (Lipinski definition) is 2. The summed E-state index contributed by atoms with van der Waals surface area (Å²) >= 11 is 3.06. The molecule has 1 heterocycles. The Kier molecular flexibility index (Phi) is 2.38. The van der Waals surface area contributed by atoms with Gasteiger partial charge in [0.25, 0.3) is 0 Å². The molecule has 1 aromatic carbocycles. The molecule has 0 aliphatic carbocycles. The zero-order valence-corrected chi connectivity index (χ0v) is 8.80. The Labute approximate surface area is 91.2 Å². The molecule has 2 nitrogen and oxygen atoms in total. The molecule has 0 aliphatic rings. The molecule has 0 amide bonds. The molecule has 0 saturated carbocycles. The average molecular weight is 277 g/mol. The van der Waals surface area contributed by atoms with Gasteiger partial charge < -0.3 is 0 Å². The maximum Gasteiger partial charge on any atom is 0.416 e. The molecule has 0 spiro atoms. The van der Waals surface area contributed by atoms with Crippen LogP contribution >= 0.6 is 15.9 Å². The molecule has 1 aromatic heterocycles. The number of halogens is 4. The van der Waals surface area contributed by atoms with Gasteiger partial charge in [0.1, 0.15) is 4.60 Å². The molecule has 0 atom stereocenters. The largest absolute Gasteiger partial charge is 0.416 e. The second-order valence-electron chi connectivity index (χ2n) is 2.94. The molecular weight excluding hydrogens is 273 g/mol. The Balaban J connectivity index is 2.70. The van der Waals surface area contributed by atoms with Gasteiger partial charge in [-0.1, -0.05) is 6.07 Å². The molecule has 0 fully saturated rings. The predicted octanol–water partition coefficient (Wildman–Crippen LogP) is 3.41. The second-order valence-corrected chi connectivity index (χ2v) is 3.69. The molecule has 78 valence electrons. The van der Waals surface area contributed by atoms with E-state index in [0.29, 0.717) is 15.4 Å². The fourth-order valence-electron chi connectivity index (χ4n) is 1.22. The molecular formula is C9H4BrF3N2. The van der Waals surface area contributed by atoms with Crippen molar-refractivity contribution in [3.63, 3.8) is 0 Å². The quantitative estimate of drug-likeness (QED) is 0.737. The van der Waals surface area contributed by atoms with E-state index in [1.807, 2.05) is 0 Å². The van der Waals surface area contributed by atoms with Crippen molar-refractivity contribution < 1.29 is 13.2 Å². The van der Waals surface area contributed by atoms with Crippen molar-refractivity contribution in [1.29, 1.82) is 0 Å². The van der Waals surface area contributed by atoms with Crippen molar-refractivity contribution in [3.05, 3.63) is 34.6 Å². The van der Waals surface area contributed by atoms with Crippen LogP contribution in [0.5, 0.6) is 0 Å². The van der Waals surface area contributed by atoms with Crippen LogP contribution in [0.4, 0.5) is 13.2 Å².